The second-order valence-corrected chi connectivity index (χ2v) is 5.51. The van der Waals surface area contributed by atoms with E-state index < -0.39 is 0 Å². The van der Waals surface area contributed by atoms with Crippen molar-refractivity contribution in [2.45, 2.75) is 51.1 Å². The molecule has 0 bridgehead atoms. The number of hydrogen-bond donors (Lipinski definition) is 2. The van der Waals surface area contributed by atoms with Crippen LogP contribution in [0, 0.1) is 0 Å². The minimum absolute atomic E-state index is 0.169. The summed E-state index contributed by atoms with van der Waals surface area (Å²) in [5.74, 6) is 0.169. The predicted octanol–water partition coefficient (Wildman–Crippen LogP) is 2.27. The Labute approximate surface area is 115 Å². The van der Waals surface area contributed by atoms with Crippen LogP contribution in [-0.4, -0.2) is 24.5 Å². The average molecular weight is 260 g/mol. The fourth-order valence-electron chi connectivity index (χ4n) is 2.67. The van der Waals surface area contributed by atoms with Crippen LogP contribution in [0.15, 0.2) is 30.3 Å². The molecule has 104 valence electrons. The first-order chi connectivity index (χ1) is 9.24. The number of carbonyl (C=O) groups is 1. The minimum atomic E-state index is 0.169. The fraction of sp³-hybridized carbons (Fsp3) is 0.562. The maximum atomic E-state index is 12.0. The second kappa shape index (κ2) is 7.29. The van der Waals surface area contributed by atoms with Crippen molar-refractivity contribution in [2.75, 3.05) is 6.54 Å². The quantitative estimate of drug-likeness (QED) is 0.852. The molecule has 2 N–H and O–H groups in total. The standard InChI is InChI=1S/C16H24N2O/c1-13(11-14-7-3-2-4-8-14)18-16(19)12-15-9-5-6-10-17-15/h2-4,7-8,13,15,17H,5-6,9-12H2,1H3,(H,18,19). The maximum absolute atomic E-state index is 12.0. The third kappa shape index (κ3) is 5.03. The van der Waals surface area contributed by atoms with Gasteiger partial charge in [0.25, 0.3) is 0 Å². The fourth-order valence-corrected chi connectivity index (χ4v) is 2.67. The first-order valence-electron chi connectivity index (χ1n) is 7.30. The second-order valence-electron chi connectivity index (χ2n) is 5.51. The van der Waals surface area contributed by atoms with Gasteiger partial charge in [0.05, 0.1) is 0 Å². The topological polar surface area (TPSA) is 41.1 Å². The lowest BCUT2D eigenvalue weighted by Gasteiger charge is -2.23. The van der Waals surface area contributed by atoms with E-state index in [9.17, 15) is 4.79 Å². The molecule has 2 atom stereocenters. The molecule has 1 aliphatic heterocycles. The molecule has 1 fully saturated rings. The zero-order chi connectivity index (χ0) is 13.5. The summed E-state index contributed by atoms with van der Waals surface area (Å²) >= 11 is 0. The highest BCUT2D eigenvalue weighted by atomic mass is 16.1. The number of nitrogens with one attached hydrogen (secondary N) is 2. The van der Waals surface area contributed by atoms with E-state index in [-0.39, 0.29) is 11.9 Å². The number of hydrogen-bond acceptors (Lipinski definition) is 2. The largest absolute Gasteiger partial charge is 0.353 e. The zero-order valence-electron chi connectivity index (χ0n) is 11.7. The molecule has 0 aliphatic carbocycles. The number of benzene rings is 1. The number of amides is 1. The zero-order valence-corrected chi connectivity index (χ0v) is 11.7. The van der Waals surface area contributed by atoms with E-state index in [1.807, 2.05) is 18.2 Å². The Morgan fingerprint density at radius 1 is 1.37 bits per heavy atom. The van der Waals surface area contributed by atoms with Crippen molar-refractivity contribution >= 4 is 5.91 Å². The highest BCUT2D eigenvalue weighted by molar-refractivity contribution is 5.76. The first kappa shape index (κ1) is 14.1. The van der Waals surface area contributed by atoms with E-state index in [1.165, 1.54) is 18.4 Å². The molecule has 2 rings (SSSR count). The lowest BCUT2D eigenvalue weighted by molar-refractivity contribution is -0.122. The molecule has 1 aromatic carbocycles. The highest BCUT2D eigenvalue weighted by Crippen LogP contribution is 2.10. The molecular weight excluding hydrogens is 236 g/mol. The van der Waals surface area contributed by atoms with Gasteiger partial charge in [-0.2, -0.15) is 0 Å². The van der Waals surface area contributed by atoms with Crippen molar-refractivity contribution in [2.24, 2.45) is 0 Å². The van der Waals surface area contributed by atoms with Gasteiger partial charge in [-0.15, -0.1) is 0 Å². The summed E-state index contributed by atoms with van der Waals surface area (Å²) in [5, 5.41) is 6.51. The van der Waals surface area contributed by atoms with E-state index in [0.29, 0.717) is 12.5 Å². The van der Waals surface area contributed by atoms with Crippen LogP contribution in [0.4, 0.5) is 0 Å². The predicted molar refractivity (Wildman–Crippen MR) is 78.0 cm³/mol. The number of carbonyl (C=O) groups excluding carboxylic acids is 1. The number of rotatable bonds is 5. The molecule has 0 spiro atoms. The summed E-state index contributed by atoms with van der Waals surface area (Å²) in [6.45, 7) is 3.12. The highest BCUT2D eigenvalue weighted by Gasteiger charge is 2.17. The molecule has 1 aliphatic rings. The Balaban J connectivity index is 1.72. The van der Waals surface area contributed by atoms with Crippen LogP contribution in [0.1, 0.15) is 38.2 Å². The molecule has 1 saturated heterocycles. The van der Waals surface area contributed by atoms with E-state index in [4.69, 9.17) is 0 Å². The summed E-state index contributed by atoms with van der Waals surface area (Å²) in [6.07, 6.45) is 5.11. The average Bonchev–Trinajstić information content (AvgIpc) is 2.40. The molecular formula is C16H24N2O. The molecule has 3 nitrogen and oxygen atoms in total. The van der Waals surface area contributed by atoms with Gasteiger partial charge in [-0.3, -0.25) is 4.79 Å². The monoisotopic (exact) mass is 260 g/mol. The summed E-state index contributed by atoms with van der Waals surface area (Å²) < 4.78 is 0. The van der Waals surface area contributed by atoms with Crippen molar-refractivity contribution in [3.05, 3.63) is 35.9 Å². The molecule has 3 heteroatoms. The van der Waals surface area contributed by atoms with Crippen LogP contribution in [0.3, 0.4) is 0 Å². The lowest BCUT2D eigenvalue weighted by atomic mass is 10.0. The summed E-state index contributed by atoms with van der Waals surface area (Å²) in [7, 11) is 0. The van der Waals surface area contributed by atoms with Crippen molar-refractivity contribution in [3.8, 4) is 0 Å². The van der Waals surface area contributed by atoms with Gasteiger partial charge in [-0.1, -0.05) is 36.8 Å². The number of piperidine rings is 1. The molecule has 1 heterocycles. The minimum Gasteiger partial charge on any atom is -0.353 e. The third-order valence-corrected chi connectivity index (χ3v) is 3.64. The Morgan fingerprint density at radius 3 is 2.84 bits per heavy atom. The van der Waals surface area contributed by atoms with E-state index >= 15 is 0 Å². The molecule has 0 radical (unpaired) electrons. The summed E-state index contributed by atoms with van der Waals surface area (Å²) in [4.78, 5) is 12.0. The van der Waals surface area contributed by atoms with Gasteiger partial charge in [0.1, 0.15) is 0 Å². The summed E-state index contributed by atoms with van der Waals surface area (Å²) in [5.41, 5.74) is 1.27. The van der Waals surface area contributed by atoms with Crippen LogP contribution in [0.5, 0.6) is 0 Å². The molecule has 1 aromatic rings. The van der Waals surface area contributed by atoms with Crippen molar-refractivity contribution in [1.29, 1.82) is 0 Å². The van der Waals surface area contributed by atoms with Gasteiger partial charge in [-0.25, -0.2) is 0 Å². The van der Waals surface area contributed by atoms with Gasteiger partial charge < -0.3 is 10.6 Å². The third-order valence-electron chi connectivity index (χ3n) is 3.64. The van der Waals surface area contributed by atoms with Gasteiger partial charge >= 0.3 is 0 Å². The van der Waals surface area contributed by atoms with Crippen molar-refractivity contribution in [1.82, 2.24) is 10.6 Å². The lowest BCUT2D eigenvalue weighted by Crippen LogP contribution is -2.41. The first-order valence-corrected chi connectivity index (χ1v) is 7.30. The molecule has 0 aromatic heterocycles. The Bertz CT molecular complexity index is 385. The Kier molecular flexibility index (Phi) is 5.40. The van der Waals surface area contributed by atoms with Gasteiger partial charge in [0.15, 0.2) is 0 Å². The Hall–Kier alpha value is -1.35. The van der Waals surface area contributed by atoms with Crippen molar-refractivity contribution < 1.29 is 4.79 Å². The van der Waals surface area contributed by atoms with Crippen LogP contribution in [-0.2, 0) is 11.2 Å². The van der Waals surface area contributed by atoms with Crippen LogP contribution in [0.25, 0.3) is 0 Å². The smallest absolute Gasteiger partial charge is 0.221 e. The molecule has 0 saturated carbocycles. The van der Waals surface area contributed by atoms with Gasteiger partial charge in [0.2, 0.25) is 5.91 Å². The van der Waals surface area contributed by atoms with Crippen LogP contribution >= 0.6 is 0 Å². The van der Waals surface area contributed by atoms with Crippen LogP contribution in [0.2, 0.25) is 0 Å². The van der Waals surface area contributed by atoms with E-state index in [0.717, 1.165) is 19.4 Å². The van der Waals surface area contributed by atoms with Crippen molar-refractivity contribution in [3.63, 3.8) is 0 Å². The van der Waals surface area contributed by atoms with E-state index in [1.54, 1.807) is 0 Å². The Morgan fingerprint density at radius 2 is 2.16 bits per heavy atom. The van der Waals surface area contributed by atoms with Crippen LogP contribution < -0.4 is 10.6 Å². The van der Waals surface area contributed by atoms with E-state index in [2.05, 4.69) is 29.7 Å². The molecule has 19 heavy (non-hydrogen) atoms. The maximum Gasteiger partial charge on any atom is 0.221 e. The van der Waals surface area contributed by atoms with Gasteiger partial charge in [-0.05, 0) is 38.3 Å². The summed E-state index contributed by atoms with van der Waals surface area (Å²) in [6, 6.07) is 10.9. The molecule has 2 unspecified atom stereocenters. The normalized spacial score (nSPS) is 20.8. The van der Waals surface area contributed by atoms with Gasteiger partial charge in [0, 0.05) is 18.5 Å². The molecule has 1 amide bonds. The SMILES string of the molecule is CC(Cc1ccccc1)NC(=O)CC1CCCCN1.